The number of phenols is 1. The Bertz CT molecular complexity index is 1520. The number of imide groups is 1. The van der Waals surface area contributed by atoms with E-state index in [-0.39, 0.29) is 35.6 Å². The summed E-state index contributed by atoms with van der Waals surface area (Å²) < 4.78 is 0.709. The van der Waals surface area contributed by atoms with Crippen LogP contribution in [0, 0.1) is 17.8 Å². The second kappa shape index (κ2) is 8.64. The zero-order valence-corrected chi connectivity index (χ0v) is 22.0. The second-order valence-corrected chi connectivity index (χ2v) is 11.3. The van der Waals surface area contributed by atoms with Crippen molar-refractivity contribution in [2.24, 2.45) is 17.8 Å². The molecule has 3 aliphatic carbocycles. The van der Waals surface area contributed by atoms with Gasteiger partial charge in [-0.1, -0.05) is 39.2 Å². The van der Waals surface area contributed by atoms with Gasteiger partial charge in [0, 0.05) is 37.7 Å². The SMILES string of the molecule is CC1=CC(=O)C2=C(C[C@@H]3C(=CC[C@@H]4C(=O)N(c5ccc(Cl)cc5)C(=O)[C@@H]43)[C@@H]2c2cc(Br)ccc2O)C1=O. The molecule has 2 aromatic carbocycles. The molecule has 1 saturated heterocycles. The number of fused-ring (bicyclic) bond motifs is 3. The molecular formula is C29H21BrClNO5. The summed E-state index contributed by atoms with van der Waals surface area (Å²) in [5, 5.41) is 11.3. The number of carbonyl (C=O) groups excluding carboxylic acids is 4. The van der Waals surface area contributed by atoms with Crippen LogP contribution in [-0.2, 0) is 19.2 Å². The summed E-state index contributed by atoms with van der Waals surface area (Å²) in [5.74, 6) is -3.52. The van der Waals surface area contributed by atoms with Crippen LogP contribution in [0.25, 0.3) is 0 Å². The summed E-state index contributed by atoms with van der Waals surface area (Å²) >= 11 is 9.47. The number of aromatic hydroxyl groups is 1. The van der Waals surface area contributed by atoms with E-state index >= 15 is 0 Å². The number of phenolic OH excluding ortho intramolecular Hbond substituents is 1. The lowest BCUT2D eigenvalue weighted by Crippen LogP contribution is -2.39. The third kappa shape index (κ3) is 3.59. The lowest BCUT2D eigenvalue weighted by Gasteiger charge is -2.42. The number of Topliss-reactive ketones (excluding diaryl/α,β-unsaturated/α-hetero) is 1. The third-order valence-electron chi connectivity index (χ3n) is 7.95. The topological polar surface area (TPSA) is 91.8 Å². The van der Waals surface area contributed by atoms with Gasteiger partial charge >= 0.3 is 0 Å². The highest BCUT2D eigenvalue weighted by molar-refractivity contribution is 9.10. The molecule has 0 aromatic heterocycles. The van der Waals surface area contributed by atoms with Crippen LogP contribution < -0.4 is 4.90 Å². The van der Waals surface area contributed by atoms with Crippen molar-refractivity contribution in [3.05, 3.63) is 92.0 Å². The summed E-state index contributed by atoms with van der Waals surface area (Å²) in [6.45, 7) is 1.61. The van der Waals surface area contributed by atoms with Crippen molar-refractivity contribution in [2.75, 3.05) is 4.90 Å². The quantitative estimate of drug-likeness (QED) is 0.291. The summed E-state index contributed by atoms with van der Waals surface area (Å²) in [4.78, 5) is 55.1. The molecule has 0 unspecified atom stereocenters. The van der Waals surface area contributed by atoms with Crippen LogP contribution in [0.2, 0.25) is 5.02 Å². The lowest BCUT2D eigenvalue weighted by molar-refractivity contribution is -0.123. The minimum atomic E-state index is -0.694. The second-order valence-electron chi connectivity index (χ2n) is 9.92. The van der Waals surface area contributed by atoms with Crippen molar-refractivity contribution in [1.29, 1.82) is 0 Å². The Hall–Kier alpha value is -3.29. The molecule has 0 radical (unpaired) electrons. The van der Waals surface area contributed by atoms with Gasteiger partial charge in [0.1, 0.15) is 5.75 Å². The van der Waals surface area contributed by atoms with Crippen LogP contribution in [0.3, 0.4) is 0 Å². The van der Waals surface area contributed by atoms with Crippen LogP contribution in [-0.4, -0.2) is 28.5 Å². The van der Waals surface area contributed by atoms with Gasteiger partial charge in [0.25, 0.3) is 0 Å². The molecule has 1 aliphatic heterocycles. The number of hydrogen-bond donors (Lipinski definition) is 1. The largest absolute Gasteiger partial charge is 0.508 e. The smallest absolute Gasteiger partial charge is 0.238 e. The zero-order chi connectivity index (χ0) is 26.2. The van der Waals surface area contributed by atoms with Crippen molar-refractivity contribution in [3.63, 3.8) is 0 Å². The molecule has 37 heavy (non-hydrogen) atoms. The van der Waals surface area contributed by atoms with E-state index in [9.17, 15) is 24.3 Å². The van der Waals surface area contributed by atoms with E-state index in [1.165, 1.54) is 17.0 Å². The number of benzene rings is 2. The van der Waals surface area contributed by atoms with Crippen LogP contribution in [0.15, 0.2) is 81.4 Å². The first kappa shape index (κ1) is 24.1. The van der Waals surface area contributed by atoms with Gasteiger partial charge in [-0.05, 0) is 74.2 Å². The molecule has 6 rings (SSSR count). The maximum absolute atomic E-state index is 13.8. The number of nitrogens with zero attached hydrogens (tertiary/aromatic N) is 1. The Kier molecular flexibility index (Phi) is 5.62. The number of hydrogen-bond acceptors (Lipinski definition) is 5. The first-order valence-electron chi connectivity index (χ1n) is 12.0. The highest BCUT2D eigenvalue weighted by Gasteiger charge is 2.56. The number of anilines is 1. The highest BCUT2D eigenvalue weighted by Crippen LogP contribution is 2.56. The summed E-state index contributed by atoms with van der Waals surface area (Å²) in [6.07, 6.45) is 3.80. The van der Waals surface area contributed by atoms with E-state index in [0.717, 1.165) is 5.57 Å². The van der Waals surface area contributed by atoms with E-state index in [1.807, 2.05) is 6.08 Å². The number of rotatable bonds is 2. The summed E-state index contributed by atoms with van der Waals surface area (Å²) in [5.41, 5.74) is 2.78. The average Bonchev–Trinajstić information content (AvgIpc) is 3.13. The van der Waals surface area contributed by atoms with Crippen molar-refractivity contribution in [2.45, 2.75) is 25.7 Å². The number of allylic oxidation sites excluding steroid dienone is 6. The van der Waals surface area contributed by atoms with Gasteiger partial charge in [-0.2, -0.15) is 0 Å². The first-order chi connectivity index (χ1) is 17.7. The van der Waals surface area contributed by atoms with Crippen molar-refractivity contribution < 1.29 is 24.3 Å². The molecule has 0 bridgehead atoms. The minimum absolute atomic E-state index is 0.00753. The van der Waals surface area contributed by atoms with Crippen LogP contribution in [0.1, 0.15) is 31.2 Å². The van der Waals surface area contributed by atoms with Crippen LogP contribution in [0.5, 0.6) is 5.75 Å². The fourth-order valence-electron chi connectivity index (χ4n) is 6.34. The van der Waals surface area contributed by atoms with Gasteiger partial charge in [-0.25, -0.2) is 0 Å². The molecule has 2 aromatic rings. The standard InChI is InChI=1S/C29H21BrClNO5/c1-13-10-23(34)26-21(27(13)35)12-19-17(24(26)20-11-14(30)2-9-22(20)33)7-8-18-25(19)29(37)32(28(18)36)16-5-3-15(31)4-6-16/h2-7,9-11,18-19,24-25,33H,8,12H2,1H3/t18-,19+,24+,25-/m0/s1. The van der Waals surface area contributed by atoms with E-state index in [4.69, 9.17) is 11.6 Å². The molecule has 1 fully saturated rings. The van der Waals surface area contributed by atoms with E-state index < -0.39 is 23.7 Å². The molecule has 0 saturated carbocycles. The Morgan fingerprint density at radius 1 is 1.00 bits per heavy atom. The molecule has 0 spiro atoms. The van der Waals surface area contributed by atoms with E-state index in [1.54, 1.807) is 43.3 Å². The first-order valence-corrected chi connectivity index (χ1v) is 13.2. The van der Waals surface area contributed by atoms with Gasteiger partial charge in [-0.15, -0.1) is 0 Å². The maximum atomic E-state index is 13.8. The molecule has 1 N–H and O–H groups in total. The summed E-state index contributed by atoms with van der Waals surface area (Å²) in [7, 11) is 0. The molecule has 2 amide bonds. The number of ketones is 2. The molecule has 6 nitrogen and oxygen atoms in total. The van der Waals surface area contributed by atoms with Crippen molar-refractivity contribution in [1.82, 2.24) is 0 Å². The number of halogens is 2. The lowest BCUT2D eigenvalue weighted by atomic mass is 9.59. The molecule has 8 heteroatoms. The molecule has 186 valence electrons. The monoisotopic (exact) mass is 577 g/mol. The van der Waals surface area contributed by atoms with Crippen LogP contribution in [0.4, 0.5) is 5.69 Å². The Morgan fingerprint density at radius 2 is 1.73 bits per heavy atom. The van der Waals surface area contributed by atoms with E-state index in [0.29, 0.717) is 43.9 Å². The average molecular weight is 579 g/mol. The third-order valence-corrected chi connectivity index (χ3v) is 8.69. The van der Waals surface area contributed by atoms with Gasteiger partial charge in [0.05, 0.1) is 17.5 Å². The van der Waals surface area contributed by atoms with Gasteiger partial charge < -0.3 is 5.11 Å². The minimum Gasteiger partial charge on any atom is -0.508 e. The molecule has 4 atom stereocenters. The molecule has 1 heterocycles. The van der Waals surface area contributed by atoms with Gasteiger partial charge in [-0.3, -0.25) is 24.1 Å². The predicted octanol–water partition coefficient (Wildman–Crippen LogP) is 5.44. The van der Waals surface area contributed by atoms with E-state index in [2.05, 4.69) is 15.9 Å². The Morgan fingerprint density at radius 3 is 2.46 bits per heavy atom. The van der Waals surface area contributed by atoms with Gasteiger partial charge in [0.2, 0.25) is 11.8 Å². The van der Waals surface area contributed by atoms with Crippen molar-refractivity contribution >= 4 is 56.6 Å². The number of amides is 2. The molecular weight excluding hydrogens is 558 g/mol. The van der Waals surface area contributed by atoms with Crippen LogP contribution >= 0.6 is 27.5 Å². The van der Waals surface area contributed by atoms with Gasteiger partial charge in [0.15, 0.2) is 11.6 Å². The normalized spacial score (nSPS) is 27.1. The Labute approximate surface area is 226 Å². The fraction of sp³-hybridized carbons (Fsp3) is 0.241. The highest BCUT2D eigenvalue weighted by atomic mass is 79.9. The molecule has 4 aliphatic rings. The maximum Gasteiger partial charge on any atom is 0.238 e. The van der Waals surface area contributed by atoms with Crippen molar-refractivity contribution in [3.8, 4) is 5.75 Å². The fourth-order valence-corrected chi connectivity index (χ4v) is 6.84. The Balaban J connectivity index is 1.50. The summed E-state index contributed by atoms with van der Waals surface area (Å²) in [6, 6.07) is 11.5. The predicted molar refractivity (Wildman–Crippen MR) is 141 cm³/mol. The number of carbonyl (C=O) groups is 4. The zero-order valence-electron chi connectivity index (χ0n) is 19.7.